The zero-order valence-electron chi connectivity index (χ0n) is 16.8. The van der Waals surface area contributed by atoms with Crippen molar-refractivity contribution in [2.24, 2.45) is 0 Å². The van der Waals surface area contributed by atoms with Crippen molar-refractivity contribution in [2.45, 2.75) is 26.8 Å². The number of amides is 1. The van der Waals surface area contributed by atoms with Gasteiger partial charge in [-0.2, -0.15) is 9.78 Å². The van der Waals surface area contributed by atoms with Crippen LogP contribution in [-0.4, -0.2) is 31.7 Å². The van der Waals surface area contributed by atoms with Gasteiger partial charge in [0.15, 0.2) is 0 Å². The molecule has 8 heteroatoms. The smallest absolute Gasteiger partial charge is 0.255 e. The molecular weight excluding hydrogens is 401 g/mol. The Balaban J connectivity index is 1.85. The van der Waals surface area contributed by atoms with Gasteiger partial charge in [-0.15, -0.1) is 11.3 Å². The predicted octanol–water partition coefficient (Wildman–Crippen LogP) is 4.64. The van der Waals surface area contributed by atoms with Gasteiger partial charge in [0.25, 0.3) is 11.9 Å². The Bertz CT molecular complexity index is 1180. The average Bonchev–Trinajstić information content (AvgIpc) is 3.38. The van der Waals surface area contributed by atoms with Crippen molar-refractivity contribution in [2.75, 3.05) is 0 Å². The fourth-order valence-electron chi connectivity index (χ4n) is 3.09. The van der Waals surface area contributed by atoms with E-state index < -0.39 is 0 Å². The molecule has 3 heterocycles. The molecule has 1 aromatic carbocycles. The Labute approximate surface area is 177 Å². The maximum absolute atomic E-state index is 13.3. The Hall–Kier alpha value is -3.39. The fourth-order valence-corrected chi connectivity index (χ4v) is 3.86. The minimum Gasteiger partial charge on any atom is -0.350 e. The summed E-state index contributed by atoms with van der Waals surface area (Å²) in [6.45, 7) is 5.71. The highest BCUT2D eigenvalue weighted by atomic mass is 32.1. The minimum atomic E-state index is -0.307. The average molecular weight is 422 g/mol. The van der Waals surface area contributed by atoms with Crippen LogP contribution in [0.5, 0.6) is 0 Å². The summed E-state index contributed by atoms with van der Waals surface area (Å²) in [5.74, 6) is -0.170. The van der Waals surface area contributed by atoms with Crippen LogP contribution in [0.4, 0.5) is 4.39 Å². The van der Waals surface area contributed by atoms with Crippen molar-refractivity contribution in [3.63, 3.8) is 0 Å². The molecular formula is C22H20FN5OS. The van der Waals surface area contributed by atoms with Crippen LogP contribution >= 0.6 is 11.3 Å². The lowest BCUT2D eigenvalue weighted by Crippen LogP contribution is -2.30. The van der Waals surface area contributed by atoms with Crippen molar-refractivity contribution in [3.8, 4) is 27.8 Å². The van der Waals surface area contributed by atoms with Crippen LogP contribution in [-0.2, 0) is 0 Å². The van der Waals surface area contributed by atoms with Crippen LogP contribution < -0.4 is 5.32 Å². The van der Waals surface area contributed by atoms with Crippen molar-refractivity contribution >= 4 is 17.2 Å². The van der Waals surface area contributed by atoms with Gasteiger partial charge >= 0.3 is 0 Å². The van der Waals surface area contributed by atoms with Gasteiger partial charge < -0.3 is 5.32 Å². The number of hydrogen-bond acceptors (Lipinski definition) is 5. The zero-order valence-corrected chi connectivity index (χ0v) is 17.6. The molecule has 1 amide bonds. The van der Waals surface area contributed by atoms with Crippen LogP contribution in [0.3, 0.4) is 0 Å². The number of rotatable bonds is 5. The molecule has 0 fully saturated rings. The van der Waals surface area contributed by atoms with Crippen LogP contribution in [0.25, 0.3) is 27.8 Å². The number of carbonyl (C=O) groups excluding carboxylic acids is 1. The summed E-state index contributed by atoms with van der Waals surface area (Å²) in [6.07, 6.45) is 3.24. The molecule has 152 valence electrons. The highest BCUT2D eigenvalue weighted by molar-refractivity contribution is 7.13. The lowest BCUT2D eigenvalue weighted by atomic mass is 10.1. The highest BCUT2D eigenvalue weighted by Crippen LogP contribution is 2.30. The molecule has 0 bridgehead atoms. The molecule has 3 aromatic heterocycles. The molecule has 0 unspecified atom stereocenters. The van der Waals surface area contributed by atoms with E-state index in [0.717, 1.165) is 16.0 Å². The number of thiophene rings is 1. The first-order valence-corrected chi connectivity index (χ1v) is 10.3. The summed E-state index contributed by atoms with van der Waals surface area (Å²) in [7, 11) is 0. The van der Waals surface area contributed by atoms with Crippen LogP contribution in [0.15, 0.2) is 54.2 Å². The van der Waals surface area contributed by atoms with Crippen molar-refractivity contribution < 1.29 is 9.18 Å². The first-order valence-electron chi connectivity index (χ1n) is 9.46. The number of aromatic nitrogens is 4. The van der Waals surface area contributed by atoms with Crippen molar-refractivity contribution in [1.82, 2.24) is 25.1 Å². The Morgan fingerprint density at radius 2 is 1.93 bits per heavy atom. The number of nitrogens with zero attached hydrogens (tertiary/aromatic N) is 4. The van der Waals surface area contributed by atoms with Gasteiger partial charge in [0.1, 0.15) is 11.5 Å². The number of carbonyl (C=O) groups is 1. The molecule has 0 aliphatic carbocycles. The molecule has 0 atom stereocenters. The molecule has 4 rings (SSSR count). The molecule has 1 N–H and O–H groups in total. The van der Waals surface area contributed by atoms with Gasteiger partial charge in [0, 0.05) is 17.8 Å². The quantitative estimate of drug-likeness (QED) is 0.509. The topological polar surface area (TPSA) is 72.7 Å². The summed E-state index contributed by atoms with van der Waals surface area (Å²) in [6, 6.07) is 10.0. The van der Waals surface area contributed by atoms with Crippen LogP contribution in [0.2, 0.25) is 0 Å². The van der Waals surface area contributed by atoms with E-state index in [-0.39, 0.29) is 17.8 Å². The molecule has 30 heavy (non-hydrogen) atoms. The monoisotopic (exact) mass is 421 g/mol. The molecule has 4 aromatic rings. The molecule has 0 saturated carbocycles. The Morgan fingerprint density at radius 1 is 1.17 bits per heavy atom. The molecule has 0 spiro atoms. The summed E-state index contributed by atoms with van der Waals surface area (Å²) >= 11 is 1.51. The summed E-state index contributed by atoms with van der Waals surface area (Å²) < 4.78 is 14.9. The number of benzene rings is 1. The number of nitrogens with one attached hydrogen (secondary N) is 1. The third-order valence-electron chi connectivity index (χ3n) is 4.45. The lowest BCUT2D eigenvalue weighted by Gasteiger charge is -2.11. The largest absolute Gasteiger partial charge is 0.350 e. The van der Waals surface area contributed by atoms with E-state index in [4.69, 9.17) is 0 Å². The molecule has 0 saturated heterocycles. The van der Waals surface area contributed by atoms with E-state index >= 15 is 0 Å². The highest BCUT2D eigenvalue weighted by Gasteiger charge is 2.23. The summed E-state index contributed by atoms with van der Waals surface area (Å²) in [4.78, 5) is 22.8. The number of aryl methyl sites for hydroxylation is 1. The third kappa shape index (κ3) is 3.86. The lowest BCUT2D eigenvalue weighted by molar-refractivity contribution is 0.0944. The molecule has 0 aliphatic rings. The van der Waals surface area contributed by atoms with Gasteiger partial charge in [-0.05, 0) is 62.0 Å². The molecule has 6 nitrogen and oxygen atoms in total. The summed E-state index contributed by atoms with van der Waals surface area (Å²) in [5, 5.41) is 9.28. The minimum absolute atomic E-state index is 0.00209. The van der Waals surface area contributed by atoms with Gasteiger partial charge in [0.2, 0.25) is 0 Å². The standard InChI is InChI=1S/C22H20FN5OS/c1-13(2)26-21(29)17-12-25-28(20(17)18-5-4-10-30-18)22-24-11-14(3)19(27-22)15-6-8-16(23)9-7-15/h4-13H,1-3H3,(H,26,29). The third-order valence-corrected chi connectivity index (χ3v) is 5.33. The van der Waals surface area contributed by atoms with Crippen LogP contribution in [0.1, 0.15) is 29.8 Å². The first kappa shape index (κ1) is 19.9. The van der Waals surface area contributed by atoms with Gasteiger partial charge in [0.05, 0.1) is 22.3 Å². The van der Waals surface area contributed by atoms with E-state index in [1.165, 1.54) is 29.7 Å². The Morgan fingerprint density at radius 3 is 2.60 bits per heavy atom. The van der Waals surface area contributed by atoms with E-state index in [2.05, 4.69) is 20.4 Å². The van der Waals surface area contributed by atoms with Crippen molar-refractivity contribution in [3.05, 3.63) is 71.1 Å². The van der Waals surface area contributed by atoms with Gasteiger partial charge in [-0.25, -0.2) is 14.4 Å². The van der Waals surface area contributed by atoms with E-state index in [0.29, 0.717) is 22.9 Å². The van der Waals surface area contributed by atoms with E-state index in [1.807, 2.05) is 38.3 Å². The van der Waals surface area contributed by atoms with E-state index in [9.17, 15) is 9.18 Å². The SMILES string of the molecule is Cc1cnc(-n2ncc(C(=O)NC(C)C)c2-c2cccs2)nc1-c1ccc(F)cc1. The number of hydrogen-bond donors (Lipinski definition) is 1. The second kappa shape index (κ2) is 8.16. The molecule has 0 aliphatic heterocycles. The maximum atomic E-state index is 13.3. The first-order chi connectivity index (χ1) is 14.4. The second-order valence-corrected chi connectivity index (χ2v) is 8.08. The predicted molar refractivity (Wildman–Crippen MR) is 115 cm³/mol. The summed E-state index contributed by atoms with van der Waals surface area (Å²) in [5.41, 5.74) is 3.41. The number of halogens is 1. The molecule has 0 radical (unpaired) electrons. The second-order valence-electron chi connectivity index (χ2n) is 7.13. The maximum Gasteiger partial charge on any atom is 0.255 e. The zero-order chi connectivity index (χ0) is 21.3. The van der Waals surface area contributed by atoms with Crippen LogP contribution in [0, 0.1) is 12.7 Å². The van der Waals surface area contributed by atoms with Gasteiger partial charge in [-0.3, -0.25) is 4.79 Å². The van der Waals surface area contributed by atoms with Crippen molar-refractivity contribution in [1.29, 1.82) is 0 Å². The fraction of sp³-hybridized carbons (Fsp3) is 0.182. The Kier molecular flexibility index (Phi) is 5.41. The van der Waals surface area contributed by atoms with E-state index in [1.54, 1.807) is 23.0 Å². The normalized spacial score (nSPS) is 11.1. The van der Waals surface area contributed by atoms with Gasteiger partial charge in [-0.1, -0.05) is 6.07 Å².